The van der Waals surface area contributed by atoms with Crippen LogP contribution in [0.1, 0.15) is 45.2 Å². The summed E-state index contributed by atoms with van der Waals surface area (Å²) in [6.45, 7) is 4.55. The van der Waals surface area contributed by atoms with Gasteiger partial charge < -0.3 is 14.6 Å². The Bertz CT molecular complexity index is 420. The minimum atomic E-state index is -1.10. The van der Waals surface area contributed by atoms with Gasteiger partial charge in [0.05, 0.1) is 11.8 Å². The lowest BCUT2D eigenvalue weighted by atomic mass is 9.90. The fraction of sp³-hybridized carbons (Fsp3) is 0.667. The quantitative estimate of drug-likeness (QED) is 0.890. The lowest BCUT2D eigenvalue weighted by molar-refractivity contribution is -0.227. The third kappa shape index (κ3) is 3.58. The Morgan fingerprint density at radius 3 is 2.90 bits per heavy atom. The van der Waals surface area contributed by atoms with Crippen molar-refractivity contribution in [3.63, 3.8) is 0 Å². The molecular formula is C15H22BrNO3. The van der Waals surface area contributed by atoms with E-state index in [1.807, 2.05) is 26.0 Å². The van der Waals surface area contributed by atoms with E-state index in [4.69, 9.17) is 9.47 Å². The molecule has 2 heterocycles. The van der Waals surface area contributed by atoms with E-state index in [9.17, 15) is 5.11 Å². The predicted octanol–water partition coefficient (Wildman–Crippen LogP) is 3.37. The number of rotatable bonds is 5. The van der Waals surface area contributed by atoms with Crippen LogP contribution in [-0.2, 0) is 15.1 Å². The average Bonchev–Trinajstić information content (AvgIpc) is 2.48. The first-order valence-electron chi connectivity index (χ1n) is 7.17. The predicted molar refractivity (Wildman–Crippen MR) is 80.3 cm³/mol. The van der Waals surface area contributed by atoms with Crippen LogP contribution in [0.25, 0.3) is 0 Å². The molecule has 0 aliphatic carbocycles. The Labute approximate surface area is 128 Å². The minimum Gasteiger partial charge on any atom is -0.381 e. The van der Waals surface area contributed by atoms with E-state index in [-0.39, 0.29) is 12.4 Å². The Morgan fingerprint density at radius 2 is 2.35 bits per heavy atom. The molecule has 1 aliphatic heterocycles. The lowest BCUT2D eigenvalue weighted by Gasteiger charge is -2.35. The first kappa shape index (κ1) is 15.9. The van der Waals surface area contributed by atoms with Gasteiger partial charge in [-0.1, -0.05) is 6.92 Å². The summed E-state index contributed by atoms with van der Waals surface area (Å²) in [6.07, 6.45) is 4.73. The number of hydrogen-bond donors (Lipinski definition) is 1. The van der Waals surface area contributed by atoms with Crippen molar-refractivity contribution in [2.75, 3.05) is 6.61 Å². The van der Waals surface area contributed by atoms with E-state index in [0.717, 1.165) is 30.3 Å². The average molecular weight is 344 g/mol. The summed E-state index contributed by atoms with van der Waals surface area (Å²) in [4.78, 5) is 4.32. The van der Waals surface area contributed by atoms with Crippen LogP contribution in [0.2, 0.25) is 0 Å². The Hall–Kier alpha value is -0.490. The molecule has 3 unspecified atom stereocenters. The molecule has 20 heavy (non-hydrogen) atoms. The van der Waals surface area contributed by atoms with E-state index in [1.165, 1.54) is 0 Å². The van der Waals surface area contributed by atoms with Gasteiger partial charge in [-0.25, -0.2) is 0 Å². The molecule has 1 aromatic heterocycles. The van der Waals surface area contributed by atoms with Crippen LogP contribution in [0, 0.1) is 0 Å². The standard InChI is InChI=1S/C15H22BrNO3/c1-3-15(18,13-8-7-12(16)10-17-13)11(2)20-14-6-4-5-9-19-14/h7-8,10-11,14,18H,3-6,9H2,1-2H3. The third-order valence-corrected chi connectivity index (χ3v) is 4.35. The Morgan fingerprint density at radius 1 is 1.55 bits per heavy atom. The summed E-state index contributed by atoms with van der Waals surface area (Å²) in [5.41, 5.74) is -0.465. The van der Waals surface area contributed by atoms with Gasteiger partial charge in [0.2, 0.25) is 0 Å². The molecule has 5 heteroatoms. The first-order valence-corrected chi connectivity index (χ1v) is 7.97. The monoisotopic (exact) mass is 343 g/mol. The van der Waals surface area contributed by atoms with Gasteiger partial charge in [-0.05, 0) is 60.7 Å². The molecule has 1 aliphatic rings. The van der Waals surface area contributed by atoms with Gasteiger partial charge >= 0.3 is 0 Å². The highest BCUT2D eigenvalue weighted by molar-refractivity contribution is 9.10. The van der Waals surface area contributed by atoms with E-state index in [1.54, 1.807) is 6.20 Å². The van der Waals surface area contributed by atoms with Gasteiger partial charge in [-0.2, -0.15) is 0 Å². The molecule has 1 saturated heterocycles. The number of halogens is 1. The van der Waals surface area contributed by atoms with Crippen LogP contribution in [0.3, 0.4) is 0 Å². The van der Waals surface area contributed by atoms with Crippen molar-refractivity contribution >= 4 is 15.9 Å². The molecule has 0 saturated carbocycles. The first-order chi connectivity index (χ1) is 9.56. The molecule has 0 aromatic carbocycles. The van der Waals surface area contributed by atoms with Gasteiger partial charge in [0.15, 0.2) is 6.29 Å². The normalized spacial score (nSPS) is 24.1. The minimum absolute atomic E-state index is 0.215. The van der Waals surface area contributed by atoms with E-state index < -0.39 is 5.60 Å². The van der Waals surface area contributed by atoms with Crippen molar-refractivity contribution in [2.24, 2.45) is 0 Å². The van der Waals surface area contributed by atoms with Crippen molar-refractivity contribution in [1.82, 2.24) is 4.98 Å². The second-order valence-corrected chi connectivity index (χ2v) is 6.13. The lowest BCUT2D eigenvalue weighted by Crippen LogP contribution is -2.42. The molecule has 4 nitrogen and oxygen atoms in total. The molecule has 2 rings (SSSR count). The zero-order valence-electron chi connectivity index (χ0n) is 12.0. The molecule has 1 fully saturated rings. The highest BCUT2D eigenvalue weighted by Crippen LogP contribution is 2.31. The molecular weight excluding hydrogens is 322 g/mol. The Balaban J connectivity index is 2.09. The number of aliphatic hydroxyl groups is 1. The van der Waals surface area contributed by atoms with Crippen LogP contribution >= 0.6 is 15.9 Å². The van der Waals surface area contributed by atoms with Crippen molar-refractivity contribution in [3.05, 3.63) is 28.5 Å². The largest absolute Gasteiger partial charge is 0.381 e. The van der Waals surface area contributed by atoms with Gasteiger partial charge in [0, 0.05) is 17.3 Å². The molecule has 0 amide bonds. The fourth-order valence-corrected chi connectivity index (χ4v) is 2.70. The third-order valence-electron chi connectivity index (χ3n) is 3.88. The maximum absolute atomic E-state index is 10.9. The summed E-state index contributed by atoms with van der Waals surface area (Å²) in [7, 11) is 0. The smallest absolute Gasteiger partial charge is 0.158 e. The summed E-state index contributed by atoms with van der Waals surface area (Å²) < 4.78 is 12.4. The maximum Gasteiger partial charge on any atom is 0.158 e. The zero-order valence-corrected chi connectivity index (χ0v) is 13.6. The number of hydrogen-bond acceptors (Lipinski definition) is 4. The molecule has 1 N–H and O–H groups in total. The molecule has 3 atom stereocenters. The topological polar surface area (TPSA) is 51.6 Å². The zero-order chi connectivity index (χ0) is 14.6. The number of ether oxygens (including phenoxy) is 2. The molecule has 0 spiro atoms. The van der Waals surface area contributed by atoms with E-state index in [2.05, 4.69) is 20.9 Å². The van der Waals surface area contributed by atoms with Gasteiger partial charge in [0.1, 0.15) is 5.60 Å². The number of nitrogens with zero attached hydrogens (tertiary/aromatic N) is 1. The van der Waals surface area contributed by atoms with Crippen LogP contribution in [0.15, 0.2) is 22.8 Å². The highest BCUT2D eigenvalue weighted by atomic mass is 79.9. The highest BCUT2D eigenvalue weighted by Gasteiger charge is 2.38. The summed E-state index contributed by atoms with van der Waals surface area (Å²) in [6, 6.07) is 3.71. The second kappa shape index (κ2) is 6.98. The van der Waals surface area contributed by atoms with E-state index in [0.29, 0.717) is 12.1 Å². The number of pyridine rings is 1. The SMILES string of the molecule is CCC(O)(c1ccc(Br)cn1)C(C)OC1CCCCO1. The van der Waals surface area contributed by atoms with Crippen molar-refractivity contribution in [3.8, 4) is 0 Å². The van der Waals surface area contributed by atoms with Crippen molar-refractivity contribution in [1.29, 1.82) is 0 Å². The maximum atomic E-state index is 10.9. The van der Waals surface area contributed by atoms with Crippen LogP contribution in [0.4, 0.5) is 0 Å². The van der Waals surface area contributed by atoms with Gasteiger partial charge in [-0.3, -0.25) is 4.98 Å². The molecule has 1 aromatic rings. The summed E-state index contributed by atoms with van der Waals surface area (Å²) in [5.74, 6) is 0. The second-order valence-electron chi connectivity index (χ2n) is 5.21. The number of aromatic nitrogens is 1. The Kier molecular flexibility index (Phi) is 5.55. The molecule has 0 radical (unpaired) electrons. The van der Waals surface area contributed by atoms with Crippen molar-refractivity contribution in [2.45, 2.75) is 57.5 Å². The fourth-order valence-electron chi connectivity index (χ4n) is 2.47. The summed E-state index contributed by atoms with van der Waals surface area (Å²) in [5, 5.41) is 10.9. The van der Waals surface area contributed by atoms with Crippen LogP contribution < -0.4 is 0 Å². The van der Waals surface area contributed by atoms with Crippen LogP contribution in [-0.4, -0.2) is 29.1 Å². The molecule has 0 bridgehead atoms. The summed E-state index contributed by atoms with van der Waals surface area (Å²) >= 11 is 3.36. The van der Waals surface area contributed by atoms with Crippen LogP contribution in [0.5, 0.6) is 0 Å². The van der Waals surface area contributed by atoms with Gasteiger partial charge in [-0.15, -0.1) is 0 Å². The molecule has 112 valence electrons. The van der Waals surface area contributed by atoms with Gasteiger partial charge in [0.25, 0.3) is 0 Å². The van der Waals surface area contributed by atoms with Crippen molar-refractivity contribution < 1.29 is 14.6 Å². The van der Waals surface area contributed by atoms with E-state index >= 15 is 0 Å².